The fourth-order valence-electron chi connectivity index (χ4n) is 3.06. The Kier molecular flexibility index (Phi) is 5.52. The van der Waals surface area contributed by atoms with Gasteiger partial charge in [-0.25, -0.2) is 9.78 Å². The number of likely N-dealkylation sites (tertiary alicyclic amines) is 1. The Bertz CT molecular complexity index is 656. The van der Waals surface area contributed by atoms with Crippen molar-refractivity contribution in [2.45, 2.75) is 38.3 Å². The van der Waals surface area contributed by atoms with Gasteiger partial charge in [-0.05, 0) is 38.3 Å². The summed E-state index contributed by atoms with van der Waals surface area (Å²) in [4.78, 5) is 19.2. The maximum atomic E-state index is 12.9. The molecule has 3 heterocycles. The molecular weight excluding hydrogens is 326 g/mol. The fourth-order valence-corrected chi connectivity index (χ4v) is 3.85. The minimum atomic E-state index is -0.296. The number of thiazole rings is 1. The van der Waals surface area contributed by atoms with E-state index in [1.807, 2.05) is 29.3 Å². The monoisotopic (exact) mass is 349 g/mol. The van der Waals surface area contributed by atoms with E-state index in [9.17, 15) is 4.79 Å². The van der Waals surface area contributed by atoms with Gasteiger partial charge in [0, 0.05) is 25.2 Å². The van der Waals surface area contributed by atoms with Gasteiger partial charge in [0.2, 0.25) is 0 Å². The molecule has 0 aliphatic carbocycles. The Morgan fingerprint density at radius 3 is 3.08 bits per heavy atom. The highest BCUT2D eigenvalue weighted by Gasteiger charge is 2.31. The largest absolute Gasteiger partial charge is 0.464 e. The van der Waals surface area contributed by atoms with E-state index < -0.39 is 0 Å². The van der Waals surface area contributed by atoms with Crippen molar-refractivity contribution in [3.8, 4) is 0 Å². The average Bonchev–Trinajstić information content (AvgIpc) is 3.26. The molecule has 1 N–H and O–H groups in total. The van der Waals surface area contributed by atoms with Gasteiger partial charge in [-0.1, -0.05) is 0 Å². The molecular formula is C17H23N3O3S. The summed E-state index contributed by atoms with van der Waals surface area (Å²) < 4.78 is 10.9. The number of methoxy groups -OCH3 is 1. The molecule has 0 saturated carbocycles. The van der Waals surface area contributed by atoms with Crippen LogP contribution in [0.25, 0.3) is 0 Å². The minimum absolute atomic E-state index is 0.0558. The fraction of sp³-hybridized carbons (Fsp3) is 0.529. The van der Waals surface area contributed by atoms with E-state index in [1.165, 1.54) is 0 Å². The van der Waals surface area contributed by atoms with Gasteiger partial charge < -0.3 is 19.4 Å². The summed E-state index contributed by atoms with van der Waals surface area (Å²) in [7, 11) is 1.62. The quantitative estimate of drug-likeness (QED) is 0.894. The summed E-state index contributed by atoms with van der Waals surface area (Å²) in [5.74, 6) is 1.53. The van der Waals surface area contributed by atoms with Crippen molar-refractivity contribution in [3.05, 3.63) is 40.2 Å². The van der Waals surface area contributed by atoms with E-state index in [-0.39, 0.29) is 18.1 Å². The van der Waals surface area contributed by atoms with Crippen LogP contribution >= 0.6 is 11.3 Å². The van der Waals surface area contributed by atoms with E-state index in [4.69, 9.17) is 9.15 Å². The Hall–Kier alpha value is -1.86. The number of piperidine rings is 1. The van der Waals surface area contributed by atoms with Crippen LogP contribution in [0.5, 0.6) is 0 Å². The first-order chi connectivity index (χ1) is 11.7. The topological polar surface area (TPSA) is 67.6 Å². The van der Waals surface area contributed by atoms with Gasteiger partial charge in [0.25, 0.3) is 0 Å². The zero-order valence-electron chi connectivity index (χ0n) is 14.0. The number of urea groups is 1. The third kappa shape index (κ3) is 3.79. The van der Waals surface area contributed by atoms with E-state index in [1.54, 1.807) is 24.6 Å². The third-order valence-electron chi connectivity index (χ3n) is 4.24. The van der Waals surface area contributed by atoms with Crippen LogP contribution < -0.4 is 5.32 Å². The minimum Gasteiger partial charge on any atom is -0.464 e. The summed E-state index contributed by atoms with van der Waals surface area (Å²) in [5.41, 5.74) is 0. The van der Waals surface area contributed by atoms with E-state index >= 15 is 0 Å². The average molecular weight is 349 g/mol. The summed E-state index contributed by atoms with van der Waals surface area (Å²) in [6.07, 6.45) is 4.89. The number of ether oxygens (including phenoxy) is 1. The summed E-state index contributed by atoms with van der Waals surface area (Å²) in [5, 5.41) is 6.01. The number of nitrogens with one attached hydrogen (secondary N) is 1. The smallest absolute Gasteiger partial charge is 0.318 e. The number of aromatic nitrogens is 1. The van der Waals surface area contributed by atoms with Gasteiger partial charge in [0.15, 0.2) is 0 Å². The number of hydrogen-bond donors (Lipinski definition) is 1. The van der Waals surface area contributed by atoms with Crippen molar-refractivity contribution in [2.75, 3.05) is 20.3 Å². The zero-order chi connectivity index (χ0) is 16.9. The van der Waals surface area contributed by atoms with Crippen molar-refractivity contribution in [3.63, 3.8) is 0 Å². The Balaban J connectivity index is 1.73. The van der Waals surface area contributed by atoms with E-state index in [2.05, 4.69) is 10.3 Å². The molecule has 1 saturated heterocycles. The second kappa shape index (κ2) is 7.81. The lowest BCUT2D eigenvalue weighted by Crippen LogP contribution is -2.46. The number of rotatable bonds is 5. The molecule has 7 heteroatoms. The number of hydrogen-bond acceptors (Lipinski definition) is 5. The van der Waals surface area contributed by atoms with Gasteiger partial charge in [-0.2, -0.15) is 0 Å². The third-order valence-corrected chi connectivity index (χ3v) is 5.11. The van der Waals surface area contributed by atoms with Gasteiger partial charge in [-0.3, -0.25) is 0 Å². The van der Waals surface area contributed by atoms with Crippen LogP contribution in [0.2, 0.25) is 0 Å². The maximum Gasteiger partial charge on any atom is 0.318 e. The maximum absolute atomic E-state index is 12.9. The van der Waals surface area contributed by atoms with Crippen LogP contribution in [0.1, 0.15) is 47.9 Å². The molecule has 0 aromatic carbocycles. The Labute approximate surface area is 145 Å². The highest BCUT2D eigenvalue weighted by molar-refractivity contribution is 7.09. The predicted molar refractivity (Wildman–Crippen MR) is 92.0 cm³/mol. The molecule has 1 aliphatic rings. The second-order valence-corrected chi connectivity index (χ2v) is 6.91. The number of furan rings is 1. The van der Waals surface area contributed by atoms with Gasteiger partial charge in [0.05, 0.1) is 12.6 Å². The molecule has 0 bridgehead atoms. The van der Waals surface area contributed by atoms with Crippen LogP contribution in [0.3, 0.4) is 0 Å². The molecule has 0 spiro atoms. The lowest BCUT2D eigenvalue weighted by Gasteiger charge is -2.35. The number of carbonyl (C=O) groups is 1. The molecule has 1 fully saturated rings. The van der Waals surface area contributed by atoms with E-state index in [0.717, 1.165) is 36.6 Å². The van der Waals surface area contributed by atoms with Crippen LogP contribution in [0.15, 0.2) is 28.1 Å². The normalized spacial score (nSPS) is 19.2. The van der Waals surface area contributed by atoms with Crippen LogP contribution in [0.4, 0.5) is 4.79 Å². The zero-order valence-corrected chi connectivity index (χ0v) is 14.8. The Morgan fingerprint density at radius 1 is 1.54 bits per heavy atom. The summed E-state index contributed by atoms with van der Waals surface area (Å²) in [6, 6.07) is 3.44. The molecule has 2 aromatic heterocycles. The molecule has 1 aliphatic heterocycles. The van der Waals surface area contributed by atoms with Crippen molar-refractivity contribution in [2.24, 2.45) is 0 Å². The molecule has 2 atom stereocenters. The van der Waals surface area contributed by atoms with Gasteiger partial charge >= 0.3 is 6.03 Å². The van der Waals surface area contributed by atoms with Crippen molar-refractivity contribution >= 4 is 17.4 Å². The molecule has 6 nitrogen and oxygen atoms in total. The molecule has 0 unspecified atom stereocenters. The number of carbonyl (C=O) groups excluding carboxylic acids is 1. The van der Waals surface area contributed by atoms with E-state index in [0.29, 0.717) is 12.4 Å². The number of aryl methyl sites for hydroxylation is 1. The Morgan fingerprint density at radius 2 is 2.42 bits per heavy atom. The summed E-state index contributed by atoms with van der Waals surface area (Å²) in [6.45, 7) is 3.00. The standard InChI is InChI=1S/C17H23N3O3S/c1-12-6-7-15(23-12)13(11-22-2)19-17(21)20-9-4-3-5-14(20)16-18-8-10-24-16/h6-8,10,13-14H,3-5,9,11H2,1-2H3,(H,19,21)/t13-,14+/m0/s1. The number of amides is 2. The molecule has 130 valence electrons. The van der Waals surface area contributed by atoms with Crippen LogP contribution in [0, 0.1) is 6.92 Å². The first kappa shape index (κ1) is 17.0. The van der Waals surface area contributed by atoms with Crippen molar-refractivity contribution in [1.29, 1.82) is 0 Å². The van der Waals surface area contributed by atoms with Gasteiger partial charge in [0.1, 0.15) is 22.6 Å². The highest BCUT2D eigenvalue weighted by Crippen LogP contribution is 2.32. The lowest BCUT2D eigenvalue weighted by molar-refractivity contribution is 0.127. The summed E-state index contributed by atoms with van der Waals surface area (Å²) >= 11 is 1.60. The molecule has 3 rings (SSSR count). The highest BCUT2D eigenvalue weighted by atomic mass is 32.1. The molecule has 2 aromatic rings. The van der Waals surface area contributed by atoms with Crippen molar-refractivity contribution < 1.29 is 13.9 Å². The van der Waals surface area contributed by atoms with Gasteiger partial charge in [-0.15, -0.1) is 11.3 Å². The molecule has 0 radical (unpaired) electrons. The molecule has 24 heavy (non-hydrogen) atoms. The lowest BCUT2D eigenvalue weighted by atomic mass is 10.0. The van der Waals surface area contributed by atoms with Crippen molar-refractivity contribution in [1.82, 2.24) is 15.2 Å². The number of nitrogens with zero attached hydrogens (tertiary/aromatic N) is 2. The van der Waals surface area contributed by atoms with Crippen LogP contribution in [-0.2, 0) is 4.74 Å². The predicted octanol–water partition coefficient (Wildman–Crippen LogP) is 3.67. The first-order valence-electron chi connectivity index (χ1n) is 8.21. The second-order valence-electron chi connectivity index (χ2n) is 5.98. The SMILES string of the molecule is COC[C@H](NC(=O)N1CCCC[C@@H]1c1nccs1)c1ccc(C)o1. The van der Waals surface area contributed by atoms with Crippen LogP contribution in [-0.4, -0.2) is 36.2 Å². The first-order valence-corrected chi connectivity index (χ1v) is 9.09. The molecule has 2 amide bonds.